The average molecular weight is 376 g/mol. The zero-order valence-electron chi connectivity index (χ0n) is 16.5. The van der Waals surface area contributed by atoms with E-state index >= 15 is 4.39 Å². The highest BCUT2D eigenvalue weighted by molar-refractivity contribution is 5.92. The fraction of sp³-hybridized carbons (Fsp3) is 0.818. The van der Waals surface area contributed by atoms with Crippen LogP contribution in [0.4, 0.5) is 4.39 Å². The minimum absolute atomic E-state index is 0.0123. The van der Waals surface area contributed by atoms with Crippen LogP contribution >= 0.6 is 0 Å². The molecule has 2 unspecified atom stereocenters. The van der Waals surface area contributed by atoms with E-state index in [2.05, 4.69) is 6.92 Å². The van der Waals surface area contributed by atoms with E-state index in [0.29, 0.717) is 31.3 Å². The zero-order valence-corrected chi connectivity index (χ0v) is 16.5. The van der Waals surface area contributed by atoms with Crippen LogP contribution in [0.1, 0.15) is 59.8 Å². The fourth-order valence-corrected chi connectivity index (χ4v) is 8.09. The second-order valence-corrected chi connectivity index (χ2v) is 10.3. The molecule has 148 valence electrons. The van der Waals surface area contributed by atoms with Crippen molar-refractivity contribution < 1.29 is 23.8 Å². The van der Waals surface area contributed by atoms with Crippen molar-refractivity contribution in [3.05, 3.63) is 11.6 Å². The molecule has 1 heterocycles. The summed E-state index contributed by atoms with van der Waals surface area (Å²) in [6, 6.07) is 0. The van der Waals surface area contributed by atoms with Gasteiger partial charge in [-0.1, -0.05) is 20.8 Å². The number of fused-ring (bicyclic) bond motifs is 3. The molecule has 0 aromatic carbocycles. The minimum Gasteiger partial charge on any atom is -0.381 e. The van der Waals surface area contributed by atoms with Crippen molar-refractivity contribution in [1.82, 2.24) is 0 Å². The largest absolute Gasteiger partial charge is 0.381 e. The van der Waals surface area contributed by atoms with Crippen molar-refractivity contribution in [2.75, 3.05) is 0 Å². The maximum Gasteiger partial charge on any atom is 0.162 e. The Morgan fingerprint density at radius 2 is 2.00 bits per heavy atom. The molecule has 4 fully saturated rings. The summed E-state index contributed by atoms with van der Waals surface area (Å²) in [4.78, 5) is 24.5. The number of ketones is 2. The topological polar surface area (TPSA) is 66.9 Å². The third-order valence-corrected chi connectivity index (χ3v) is 9.44. The van der Waals surface area contributed by atoms with Gasteiger partial charge in [0.1, 0.15) is 17.4 Å². The first-order valence-electron chi connectivity index (χ1n) is 10.3. The van der Waals surface area contributed by atoms with Gasteiger partial charge in [0.15, 0.2) is 11.6 Å². The molecular formula is C22H29FO4. The Morgan fingerprint density at radius 1 is 1.30 bits per heavy atom. The summed E-state index contributed by atoms with van der Waals surface area (Å²) in [5.74, 6) is -0.291. The summed E-state index contributed by atoms with van der Waals surface area (Å²) in [6.07, 6.45) is 3.05. The lowest BCUT2D eigenvalue weighted by Gasteiger charge is -2.57. The third kappa shape index (κ3) is 1.73. The van der Waals surface area contributed by atoms with Gasteiger partial charge < -0.3 is 9.84 Å². The molecule has 0 radical (unpaired) electrons. The van der Waals surface area contributed by atoms with Crippen LogP contribution in [0.5, 0.6) is 0 Å². The van der Waals surface area contributed by atoms with Crippen LogP contribution in [0.3, 0.4) is 0 Å². The molecule has 0 aromatic rings. The number of alkyl halides is 1. The Balaban J connectivity index is 1.63. The van der Waals surface area contributed by atoms with E-state index in [0.717, 1.165) is 6.42 Å². The highest BCUT2D eigenvalue weighted by atomic mass is 19.1. The second kappa shape index (κ2) is 4.91. The van der Waals surface area contributed by atoms with E-state index in [1.54, 1.807) is 0 Å². The molecule has 9 atom stereocenters. The highest BCUT2D eigenvalue weighted by Crippen LogP contribution is 2.77. The first-order chi connectivity index (χ1) is 12.5. The fourth-order valence-electron chi connectivity index (χ4n) is 8.09. The normalized spacial score (nSPS) is 58.5. The highest BCUT2D eigenvalue weighted by Gasteiger charge is 2.82. The molecule has 0 bridgehead atoms. The summed E-state index contributed by atoms with van der Waals surface area (Å²) in [6.45, 7) is 7.52. The van der Waals surface area contributed by atoms with Crippen LogP contribution in [0.15, 0.2) is 11.6 Å². The molecule has 4 aliphatic carbocycles. The van der Waals surface area contributed by atoms with Gasteiger partial charge in [0.25, 0.3) is 0 Å². The number of Topliss-reactive ketones (excluding diaryl/α,β-unsaturated/α-hetero) is 1. The molecule has 0 amide bonds. The first-order valence-corrected chi connectivity index (χ1v) is 10.3. The molecular weight excluding hydrogens is 347 g/mol. The van der Waals surface area contributed by atoms with Gasteiger partial charge in [0.05, 0.1) is 6.10 Å². The molecule has 1 N–H and O–H groups in total. The number of epoxide rings is 1. The van der Waals surface area contributed by atoms with E-state index in [1.807, 2.05) is 13.8 Å². The Kier molecular flexibility index (Phi) is 3.27. The number of aliphatic hydroxyl groups is 1. The maximum atomic E-state index is 15.3. The number of rotatable bonds is 1. The SMILES string of the molecule is CC(=O)[C@@]1(O)[C@@H](C)CC2C3C[C@H](F)C4=CC(=O)CC[C@]4(C)[C@@]34O[C@H]4C[C@@]21C. The Morgan fingerprint density at radius 3 is 2.67 bits per heavy atom. The Labute approximate surface area is 159 Å². The molecule has 5 aliphatic rings. The summed E-state index contributed by atoms with van der Waals surface area (Å²) in [5, 5.41) is 11.5. The molecule has 5 rings (SSSR count). The lowest BCUT2D eigenvalue weighted by molar-refractivity contribution is -0.162. The van der Waals surface area contributed by atoms with Crippen molar-refractivity contribution in [2.24, 2.45) is 28.6 Å². The van der Waals surface area contributed by atoms with Crippen molar-refractivity contribution >= 4 is 11.6 Å². The molecule has 1 aliphatic heterocycles. The van der Waals surface area contributed by atoms with Gasteiger partial charge in [0.2, 0.25) is 0 Å². The smallest absolute Gasteiger partial charge is 0.162 e. The Hall–Kier alpha value is -1.07. The predicted octanol–water partition coefficient (Wildman–Crippen LogP) is 3.16. The number of halogens is 1. The van der Waals surface area contributed by atoms with Crippen LogP contribution in [0.2, 0.25) is 0 Å². The molecule has 5 heteroatoms. The summed E-state index contributed by atoms with van der Waals surface area (Å²) in [5.41, 5.74) is -2.24. The monoisotopic (exact) mass is 376 g/mol. The zero-order chi connectivity index (χ0) is 19.6. The number of ether oxygens (including phenoxy) is 1. The van der Waals surface area contributed by atoms with Crippen LogP contribution in [0, 0.1) is 28.6 Å². The van der Waals surface area contributed by atoms with Gasteiger partial charge in [0, 0.05) is 17.3 Å². The van der Waals surface area contributed by atoms with Gasteiger partial charge in [-0.25, -0.2) is 4.39 Å². The average Bonchev–Trinajstić information content (AvgIpc) is 3.27. The van der Waals surface area contributed by atoms with E-state index < -0.39 is 28.2 Å². The van der Waals surface area contributed by atoms with Crippen molar-refractivity contribution in [3.63, 3.8) is 0 Å². The standard InChI is InChI=1S/C22H29FO4/c1-11-7-14-15-9-17(23)16-8-13(25)5-6-19(16,3)22(15)18(27-22)10-20(14,4)21(11,26)12(2)24/h8,11,14-15,17-18,26H,5-7,9-10H2,1-4H3/t11-,14?,15?,17-,18-,19-,20-,21-,22+/m0/s1. The van der Waals surface area contributed by atoms with Crippen LogP contribution in [0.25, 0.3) is 0 Å². The predicted molar refractivity (Wildman–Crippen MR) is 96.7 cm³/mol. The van der Waals surface area contributed by atoms with Crippen LogP contribution < -0.4 is 0 Å². The van der Waals surface area contributed by atoms with E-state index in [9.17, 15) is 14.7 Å². The maximum absolute atomic E-state index is 15.3. The summed E-state index contributed by atoms with van der Waals surface area (Å²) >= 11 is 0. The Bertz CT molecular complexity index is 791. The molecule has 3 saturated carbocycles. The summed E-state index contributed by atoms with van der Waals surface area (Å²) < 4.78 is 21.7. The van der Waals surface area contributed by atoms with Gasteiger partial charge in [-0.3, -0.25) is 9.59 Å². The van der Waals surface area contributed by atoms with Crippen molar-refractivity contribution in [2.45, 2.75) is 83.3 Å². The van der Waals surface area contributed by atoms with Crippen LogP contribution in [-0.2, 0) is 14.3 Å². The van der Waals surface area contributed by atoms with Gasteiger partial charge in [-0.2, -0.15) is 0 Å². The van der Waals surface area contributed by atoms with E-state index in [-0.39, 0.29) is 35.4 Å². The minimum atomic E-state index is -1.37. The second-order valence-electron chi connectivity index (χ2n) is 10.3. The number of carbonyl (C=O) groups is 2. The van der Waals surface area contributed by atoms with Crippen molar-refractivity contribution in [1.29, 1.82) is 0 Å². The van der Waals surface area contributed by atoms with E-state index in [1.165, 1.54) is 13.0 Å². The quantitative estimate of drug-likeness (QED) is 0.714. The van der Waals surface area contributed by atoms with Gasteiger partial charge in [-0.15, -0.1) is 0 Å². The molecule has 1 saturated heterocycles. The van der Waals surface area contributed by atoms with Crippen LogP contribution in [-0.4, -0.2) is 40.2 Å². The lowest BCUT2D eigenvalue weighted by atomic mass is 9.45. The molecule has 0 aromatic heterocycles. The van der Waals surface area contributed by atoms with Crippen molar-refractivity contribution in [3.8, 4) is 0 Å². The molecule has 27 heavy (non-hydrogen) atoms. The number of hydrogen-bond donors (Lipinski definition) is 1. The van der Waals surface area contributed by atoms with E-state index in [4.69, 9.17) is 4.74 Å². The third-order valence-electron chi connectivity index (χ3n) is 9.44. The molecule has 1 spiro atoms. The first kappa shape index (κ1) is 18.0. The van der Waals surface area contributed by atoms with Gasteiger partial charge >= 0.3 is 0 Å². The van der Waals surface area contributed by atoms with Gasteiger partial charge in [-0.05, 0) is 62.0 Å². The molecule has 4 nitrogen and oxygen atoms in total. The lowest BCUT2D eigenvalue weighted by Crippen LogP contribution is -2.63. The number of hydrogen-bond acceptors (Lipinski definition) is 4. The summed E-state index contributed by atoms with van der Waals surface area (Å²) in [7, 11) is 0. The number of carbonyl (C=O) groups excluding carboxylic acids is 2.